The van der Waals surface area contributed by atoms with Gasteiger partial charge in [0, 0.05) is 22.7 Å². The molecule has 0 aliphatic heterocycles. The molecule has 2 aliphatic carbocycles. The SMILES string of the molecule is N#Cc1c(NC(=O)[C@H]2CCCC[C@@H]2C(=O)[O-])sc2c1CCCC2. The molecular formula is C17H19N2O3S-. The Labute approximate surface area is 139 Å². The summed E-state index contributed by atoms with van der Waals surface area (Å²) in [6.07, 6.45) is 6.75. The summed E-state index contributed by atoms with van der Waals surface area (Å²) in [5.74, 6) is -2.70. The zero-order chi connectivity index (χ0) is 16.4. The summed E-state index contributed by atoms with van der Waals surface area (Å²) in [5.41, 5.74) is 1.64. The van der Waals surface area contributed by atoms with E-state index < -0.39 is 17.8 Å². The van der Waals surface area contributed by atoms with Gasteiger partial charge in [-0.1, -0.05) is 12.8 Å². The van der Waals surface area contributed by atoms with Gasteiger partial charge in [0.15, 0.2) is 0 Å². The average molecular weight is 331 g/mol. The van der Waals surface area contributed by atoms with Gasteiger partial charge in [-0.15, -0.1) is 11.3 Å². The van der Waals surface area contributed by atoms with Crippen molar-refractivity contribution in [1.82, 2.24) is 0 Å². The normalized spacial score (nSPS) is 23.6. The first kappa shape index (κ1) is 16.0. The van der Waals surface area contributed by atoms with E-state index in [-0.39, 0.29) is 5.91 Å². The van der Waals surface area contributed by atoms with Crippen molar-refractivity contribution in [3.63, 3.8) is 0 Å². The molecular weight excluding hydrogens is 312 g/mol. The number of rotatable bonds is 3. The van der Waals surface area contributed by atoms with E-state index in [1.807, 2.05) is 0 Å². The first-order valence-electron chi connectivity index (χ1n) is 8.18. The van der Waals surface area contributed by atoms with Crippen LogP contribution < -0.4 is 10.4 Å². The van der Waals surface area contributed by atoms with Crippen molar-refractivity contribution in [2.75, 3.05) is 5.32 Å². The summed E-state index contributed by atoms with van der Waals surface area (Å²) in [7, 11) is 0. The second kappa shape index (κ2) is 6.71. The molecule has 1 aromatic heterocycles. The second-order valence-corrected chi connectivity index (χ2v) is 7.44. The standard InChI is InChI=1S/C17H20N2O3S/c18-9-13-10-5-3-4-8-14(10)23-16(13)19-15(20)11-6-1-2-7-12(11)17(21)22/h11-12H,1-8H2,(H,19,20)(H,21,22)/p-1/t11-,12-/m0/s1. The largest absolute Gasteiger partial charge is 0.550 e. The third kappa shape index (κ3) is 3.11. The molecule has 1 amide bonds. The number of thiophene rings is 1. The minimum absolute atomic E-state index is 0.283. The van der Waals surface area contributed by atoms with E-state index in [2.05, 4.69) is 11.4 Å². The summed E-state index contributed by atoms with van der Waals surface area (Å²) in [4.78, 5) is 25.0. The van der Waals surface area contributed by atoms with Crippen molar-refractivity contribution in [2.45, 2.75) is 51.4 Å². The molecule has 2 atom stereocenters. The first-order valence-corrected chi connectivity index (χ1v) is 9.00. The number of anilines is 1. The molecule has 122 valence electrons. The molecule has 3 rings (SSSR count). The van der Waals surface area contributed by atoms with Crippen LogP contribution in [-0.4, -0.2) is 11.9 Å². The van der Waals surface area contributed by atoms with Gasteiger partial charge in [-0.3, -0.25) is 4.79 Å². The zero-order valence-electron chi connectivity index (χ0n) is 12.9. The number of hydrogen-bond donors (Lipinski definition) is 1. The second-order valence-electron chi connectivity index (χ2n) is 6.33. The number of carbonyl (C=O) groups excluding carboxylic acids is 2. The van der Waals surface area contributed by atoms with Crippen molar-refractivity contribution >= 4 is 28.2 Å². The number of nitriles is 1. The van der Waals surface area contributed by atoms with E-state index in [1.165, 1.54) is 16.2 Å². The highest BCUT2D eigenvalue weighted by molar-refractivity contribution is 7.16. The van der Waals surface area contributed by atoms with Crippen molar-refractivity contribution in [3.8, 4) is 6.07 Å². The molecule has 5 nitrogen and oxygen atoms in total. The van der Waals surface area contributed by atoms with E-state index in [4.69, 9.17) is 0 Å². The number of aryl methyl sites for hydroxylation is 1. The van der Waals surface area contributed by atoms with Crippen LogP contribution in [0.5, 0.6) is 0 Å². The highest BCUT2D eigenvalue weighted by Crippen LogP contribution is 2.38. The van der Waals surface area contributed by atoms with Crippen LogP contribution in [0.1, 0.15) is 54.5 Å². The Kier molecular flexibility index (Phi) is 4.67. The molecule has 0 radical (unpaired) electrons. The summed E-state index contributed by atoms with van der Waals surface area (Å²) >= 11 is 1.47. The summed E-state index contributed by atoms with van der Waals surface area (Å²) in [5, 5.41) is 24.1. The zero-order valence-corrected chi connectivity index (χ0v) is 13.7. The summed E-state index contributed by atoms with van der Waals surface area (Å²) in [6, 6.07) is 2.21. The molecule has 0 unspecified atom stereocenters. The van der Waals surface area contributed by atoms with Crippen LogP contribution in [0.3, 0.4) is 0 Å². The van der Waals surface area contributed by atoms with Crippen LogP contribution in [0.2, 0.25) is 0 Å². The molecule has 1 saturated carbocycles. The Bertz CT molecular complexity index is 674. The summed E-state index contributed by atoms with van der Waals surface area (Å²) < 4.78 is 0. The number of fused-ring (bicyclic) bond motifs is 1. The Hall–Kier alpha value is -1.87. The lowest BCUT2D eigenvalue weighted by Gasteiger charge is -2.31. The monoisotopic (exact) mass is 331 g/mol. The van der Waals surface area contributed by atoms with Crippen molar-refractivity contribution in [3.05, 3.63) is 16.0 Å². The van der Waals surface area contributed by atoms with Gasteiger partial charge in [-0.25, -0.2) is 0 Å². The Morgan fingerprint density at radius 3 is 2.52 bits per heavy atom. The number of nitrogens with one attached hydrogen (secondary N) is 1. The number of nitrogens with zero attached hydrogens (tertiary/aromatic N) is 1. The van der Waals surface area contributed by atoms with Crippen LogP contribution in [0.4, 0.5) is 5.00 Å². The molecule has 1 heterocycles. The third-order valence-electron chi connectivity index (χ3n) is 4.93. The molecule has 1 fully saturated rings. The summed E-state index contributed by atoms with van der Waals surface area (Å²) in [6.45, 7) is 0. The number of carboxylic acids is 1. The highest BCUT2D eigenvalue weighted by atomic mass is 32.1. The lowest BCUT2D eigenvalue weighted by Crippen LogP contribution is -2.42. The van der Waals surface area contributed by atoms with Crippen molar-refractivity contribution in [2.24, 2.45) is 11.8 Å². The number of hydrogen-bond acceptors (Lipinski definition) is 5. The fraction of sp³-hybridized carbons (Fsp3) is 0.588. The Morgan fingerprint density at radius 2 is 1.83 bits per heavy atom. The molecule has 2 aliphatic rings. The van der Waals surface area contributed by atoms with E-state index in [0.717, 1.165) is 44.1 Å². The Morgan fingerprint density at radius 1 is 1.13 bits per heavy atom. The van der Waals surface area contributed by atoms with Crippen LogP contribution in [-0.2, 0) is 22.4 Å². The smallest absolute Gasteiger partial charge is 0.228 e. The van der Waals surface area contributed by atoms with Crippen molar-refractivity contribution in [1.29, 1.82) is 5.26 Å². The van der Waals surface area contributed by atoms with Crippen LogP contribution in [0, 0.1) is 23.2 Å². The maximum atomic E-state index is 12.6. The molecule has 0 spiro atoms. The molecule has 0 bridgehead atoms. The van der Waals surface area contributed by atoms with Gasteiger partial charge in [0.1, 0.15) is 11.1 Å². The predicted molar refractivity (Wildman–Crippen MR) is 84.8 cm³/mol. The Balaban J connectivity index is 1.81. The molecule has 23 heavy (non-hydrogen) atoms. The van der Waals surface area contributed by atoms with E-state index in [9.17, 15) is 20.0 Å². The number of carbonyl (C=O) groups is 2. The van der Waals surface area contributed by atoms with Gasteiger partial charge in [0.2, 0.25) is 5.91 Å². The molecule has 6 heteroatoms. The first-order chi connectivity index (χ1) is 11.1. The topological polar surface area (TPSA) is 93.0 Å². The molecule has 0 saturated heterocycles. The van der Waals surface area contributed by atoms with Crippen molar-refractivity contribution < 1.29 is 14.7 Å². The van der Waals surface area contributed by atoms with Crippen LogP contribution >= 0.6 is 11.3 Å². The maximum absolute atomic E-state index is 12.6. The van der Waals surface area contributed by atoms with Crippen LogP contribution in [0.25, 0.3) is 0 Å². The molecule has 0 aromatic carbocycles. The quantitative estimate of drug-likeness (QED) is 0.916. The number of aliphatic carboxylic acids is 1. The van der Waals surface area contributed by atoms with Gasteiger partial charge >= 0.3 is 0 Å². The average Bonchev–Trinajstić information content (AvgIpc) is 2.91. The minimum atomic E-state index is -1.14. The van der Waals surface area contributed by atoms with E-state index in [0.29, 0.717) is 23.4 Å². The highest BCUT2D eigenvalue weighted by Gasteiger charge is 2.33. The third-order valence-corrected chi connectivity index (χ3v) is 6.13. The van der Waals surface area contributed by atoms with E-state index >= 15 is 0 Å². The number of amides is 1. The fourth-order valence-corrected chi connectivity index (χ4v) is 4.95. The number of carboxylic acid groups (broad SMARTS) is 1. The van der Waals surface area contributed by atoms with Gasteiger partial charge < -0.3 is 15.2 Å². The fourth-order valence-electron chi connectivity index (χ4n) is 3.70. The lowest BCUT2D eigenvalue weighted by molar-refractivity contribution is -0.313. The van der Waals surface area contributed by atoms with E-state index in [1.54, 1.807) is 0 Å². The maximum Gasteiger partial charge on any atom is 0.228 e. The molecule has 1 N–H and O–H groups in total. The van der Waals surface area contributed by atoms with Gasteiger partial charge in [0.25, 0.3) is 0 Å². The molecule has 1 aromatic rings. The lowest BCUT2D eigenvalue weighted by atomic mass is 9.78. The van der Waals surface area contributed by atoms with Gasteiger partial charge in [-0.05, 0) is 44.1 Å². The van der Waals surface area contributed by atoms with Gasteiger partial charge in [-0.2, -0.15) is 5.26 Å². The predicted octanol–water partition coefficient (Wildman–Crippen LogP) is 1.99. The van der Waals surface area contributed by atoms with Crippen LogP contribution in [0.15, 0.2) is 0 Å². The van der Waals surface area contributed by atoms with Gasteiger partial charge in [0.05, 0.1) is 5.56 Å². The minimum Gasteiger partial charge on any atom is -0.550 e.